The fraction of sp³-hybridized carbons (Fsp3) is 0.250. The molecule has 2 rings (SSSR count). The molecular formula is C16H16BrF2NO. The van der Waals surface area contributed by atoms with Crippen molar-refractivity contribution in [2.24, 2.45) is 0 Å². The standard InChI is InChI=1S/C16H16BrF2NO/c1-9-6-10(4-5-13(9)18)16(20-2)11-7-12(17)14(19)8-15(11)21-3/h4-8,16,20H,1-3H3. The number of nitrogens with one attached hydrogen (secondary N) is 1. The Kier molecular flexibility index (Phi) is 4.96. The summed E-state index contributed by atoms with van der Waals surface area (Å²) in [5, 5.41) is 3.16. The monoisotopic (exact) mass is 355 g/mol. The van der Waals surface area contributed by atoms with E-state index in [-0.39, 0.29) is 17.7 Å². The van der Waals surface area contributed by atoms with E-state index in [4.69, 9.17) is 4.74 Å². The van der Waals surface area contributed by atoms with E-state index in [1.165, 1.54) is 19.2 Å². The highest BCUT2D eigenvalue weighted by molar-refractivity contribution is 9.10. The lowest BCUT2D eigenvalue weighted by atomic mass is 9.96. The van der Waals surface area contributed by atoms with Gasteiger partial charge in [-0.05, 0) is 53.2 Å². The molecule has 2 nitrogen and oxygen atoms in total. The molecule has 0 saturated carbocycles. The van der Waals surface area contributed by atoms with Crippen LogP contribution in [0.3, 0.4) is 0 Å². The van der Waals surface area contributed by atoms with E-state index in [0.29, 0.717) is 15.8 Å². The van der Waals surface area contributed by atoms with Gasteiger partial charge in [-0.3, -0.25) is 0 Å². The average Bonchev–Trinajstić information content (AvgIpc) is 2.46. The molecule has 1 N–H and O–H groups in total. The highest BCUT2D eigenvalue weighted by atomic mass is 79.9. The highest BCUT2D eigenvalue weighted by Gasteiger charge is 2.19. The normalized spacial score (nSPS) is 12.3. The molecule has 2 aromatic carbocycles. The summed E-state index contributed by atoms with van der Waals surface area (Å²) in [4.78, 5) is 0. The van der Waals surface area contributed by atoms with Gasteiger partial charge in [-0.15, -0.1) is 0 Å². The maximum absolute atomic E-state index is 13.6. The zero-order valence-electron chi connectivity index (χ0n) is 12.0. The molecule has 1 atom stereocenters. The second-order valence-electron chi connectivity index (χ2n) is 4.74. The first kappa shape index (κ1) is 15.9. The molecule has 1 unspecified atom stereocenters. The van der Waals surface area contributed by atoms with Gasteiger partial charge in [0.25, 0.3) is 0 Å². The molecule has 0 saturated heterocycles. The van der Waals surface area contributed by atoms with Crippen molar-refractivity contribution in [3.8, 4) is 5.75 Å². The molecule has 112 valence electrons. The predicted molar refractivity (Wildman–Crippen MR) is 82.7 cm³/mol. The second kappa shape index (κ2) is 6.54. The summed E-state index contributed by atoms with van der Waals surface area (Å²) in [6, 6.07) is 7.69. The van der Waals surface area contributed by atoms with E-state index < -0.39 is 0 Å². The molecule has 0 aliphatic rings. The first-order chi connectivity index (χ1) is 9.97. The number of methoxy groups -OCH3 is 1. The third-order valence-corrected chi connectivity index (χ3v) is 4.00. The maximum Gasteiger partial charge on any atom is 0.141 e. The van der Waals surface area contributed by atoms with Crippen molar-refractivity contribution in [3.63, 3.8) is 0 Å². The van der Waals surface area contributed by atoms with Crippen LogP contribution in [0, 0.1) is 18.6 Å². The molecule has 0 amide bonds. The van der Waals surface area contributed by atoms with Crippen molar-refractivity contribution >= 4 is 15.9 Å². The lowest BCUT2D eigenvalue weighted by Crippen LogP contribution is -2.19. The highest BCUT2D eigenvalue weighted by Crippen LogP contribution is 2.34. The zero-order valence-corrected chi connectivity index (χ0v) is 13.6. The van der Waals surface area contributed by atoms with Crippen molar-refractivity contribution in [3.05, 3.63) is 63.1 Å². The molecule has 5 heteroatoms. The van der Waals surface area contributed by atoms with Crippen LogP contribution in [-0.4, -0.2) is 14.2 Å². The van der Waals surface area contributed by atoms with Crippen molar-refractivity contribution < 1.29 is 13.5 Å². The van der Waals surface area contributed by atoms with Gasteiger partial charge in [0.1, 0.15) is 17.4 Å². The van der Waals surface area contributed by atoms with E-state index >= 15 is 0 Å². The van der Waals surface area contributed by atoms with Crippen LogP contribution >= 0.6 is 15.9 Å². The Hall–Kier alpha value is -1.46. The summed E-state index contributed by atoms with van der Waals surface area (Å²) in [6.45, 7) is 1.71. The number of aryl methyl sites for hydroxylation is 1. The number of ether oxygens (including phenoxy) is 1. The molecule has 0 aromatic heterocycles. The third-order valence-electron chi connectivity index (χ3n) is 3.39. The third kappa shape index (κ3) is 3.24. The minimum absolute atomic E-state index is 0.226. The van der Waals surface area contributed by atoms with Crippen LogP contribution in [0.5, 0.6) is 5.75 Å². The first-order valence-corrected chi connectivity index (χ1v) is 7.23. The van der Waals surface area contributed by atoms with Crippen molar-refractivity contribution in [1.82, 2.24) is 5.32 Å². The Balaban J connectivity index is 2.55. The first-order valence-electron chi connectivity index (χ1n) is 6.44. The average molecular weight is 356 g/mol. The Morgan fingerprint density at radius 1 is 1.14 bits per heavy atom. The Bertz CT molecular complexity index is 661. The van der Waals surface area contributed by atoms with Gasteiger partial charge in [0.2, 0.25) is 0 Å². The fourth-order valence-corrected chi connectivity index (χ4v) is 2.66. The molecule has 2 aromatic rings. The van der Waals surface area contributed by atoms with Crippen molar-refractivity contribution in [2.45, 2.75) is 13.0 Å². The van der Waals surface area contributed by atoms with Gasteiger partial charge in [-0.2, -0.15) is 0 Å². The largest absolute Gasteiger partial charge is 0.496 e. The Morgan fingerprint density at radius 2 is 1.86 bits per heavy atom. The summed E-state index contributed by atoms with van der Waals surface area (Å²) in [7, 11) is 3.29. The van der Waals surface area contributed by atoms with E-state index in [1.54, 1.807) is 32.2 Å². The molecule has 0 radical (unpaired) electrons. The van der Waals surface area contributed by atoms with Gasteiger partial charge in [0, 0.05) is 11.6 Å². The van der Waals surface area contributed by atoms with Crippen molar-refractivity contribution in [2.75, 3.05) is 14.2 Å². The summed E-state index contributed by atoms with van der Waals surface area (Å²) < 4.78 is 32.7. The van der Waals surface area contributed by atoms with Gasteiger partial charge >= 0.3 is 0 Å². The SMILES string of the molecule is CNC(c1ccc(F)c(C)c1)c1cc(Br)c(F)cc1OC. The molecule has 0 aliphatic heterocycles. The molecule has 0 heterocycles. The minimum atomic E-state index is -0.388. The van der Waals surface area contributed by atoms with Crippen LogP contribution in [0.25, 0.3) is 0 Å². The summed E-state index contributed by atoms with van der Waals surface area (Å²) in [5.74, 6) is -0.196. The van der Waals surface area contributed by atoms with E-state index in [0.717, 1.165) is 11.1 Å². The van der Waals surface area contributed by atoms with Crippen LogP contribution < -0.4 is 10.1 Å². The molecule has 0 aliphatic carbocycles. The predicted octanol–water partition coefficient (Wildman–Crippen LogP) is 4.35. The lowest BCUT2D eigenvalue weighted by Gasteiger charge is -2.21. The number of hydrogen-bond donors (Lipinski definition) is 1. The van der Waals surface area contributed by atoms with Gasteiger partial charge in [0.05, 0.1) is 17.6 Å². The van der Waals surface area contributed by atoms with Crippen LogP contribution in [0.2, 0.25) is 0 Å². The summed E-state index contributed by atoms with van der Waals surface area (Å²) in [5.41, 5.74) is 2.22. The van der Waals surface area contributed by atoms with E-state index in [9.17, 15) is 8.78 Å². The number of rotatable bonds is 4. The number of benzene rings is 2. The topological polar surface area (TPSA) is 21.3 Å². The number of hydrogen-bond acceptors (Lipinski definition) is 2. The molecule has 0 bridgehead atoms. The molecular weight excluding hydrogens is 340 g/mol. The van der Waals surface area contributed by atoms with E-state index in [2.05, 4.69) is 21.2 Å². The maximum atomic E-state index is 13.6. The van der Waals surface area contributed by atoms with Gasteiger partial charge in [-0.25, -0.2) is 8.78 Å². The molecule has 0 spiro atoms. The summed E-state index contributed by atoms with van der Waals surface area (Å²) >= 11 is 3.19. The van der Waals surface area contributed by atoms with Crippen LogP contribution in [0.4, 0.5) is 8.78 Å². The molecule has 0 fully saturated rings. The fourth-order valence-electron chi connectivity index (χ4n) is 2.30. The quantitative estimate of drug-likeness (QED) is 0.879. The van der Waals surface area contributed by atoms with Crippen molar-refractivity contribution in [1.29, 1.82) is 0 Å². The van der Waals surface area contributed by atoms with Crippen LogP contribution in [0.1, 0.15) is 22.7 Å². The molecule has 21 heavy (non-hydrogen) atoms. The van der Waals surface area contributed by atoms with Gasteiger partial charge < -0.3 is 10.1 Å². The zero-order chi connectivity index (χ0) is 15.6. The summed E-state index contributed by atoms with van der Waals surface area (Å²) in [6.07, 6.45) is 0. The number of halogens is 3. The lowest BCUT2D eigenvalue weighted by molar-refractivity contribution is 0.401. The Labute approximate surface area is 131 Å². The minimum Gasteiger partial charge on any atom is -0.496 e. The van der Waals surface area contributed by atoms with Gasteiger partial charge in [-0.1, -0.05) is 12.1 Å². The second-order valence-corrected chi connectivity index (χ2v) is 5.59. The Morgan fingerprint density at radius 3 is 2.43 bits per heavy atom. The van der Waals surface area contributed by atoms with E-state index in [1.807, 2.05) is 0 Å². The van der Waals surface area contributed by atoms with Crippen LogP contribution in [-0.2, 0) is 0 Å². The smallest absolute Gasteiger partial charge is 0.141 e. The van der Waals surface area contributed by atoms with Gasteiger partial charge in [0.15, 0.2) is 0 Å². The van der Waals surface area contributed by atoms with Crippen LogP contribution in [0.15, 0.2) is 34.8 Å².